The molecule has 0 spiro atoms. The quantitative estimate of drug-likeness (QED) is 0.577. The molecule has 0 aliphatic heterocycles. The first kappa shape index (κ1) is 19.0. The van der Waals surface area contributed by atoms with E-state index in [0.29, 0.717) is 17.1 Å². The van der Waals surface area contributed by atoms with Crippen molar-refractivity contribution in [2.24, 2.45) is 5.73 Å². The van der Waals surface area contributed by atoms with Crippen LogP contribution in [0.25, 0.3) is 6.08 Å². The van der Waals surface area contributed by atoms with E-state index >= 15 is 0 Å². The maximum atomic E-state index is 12.3. The van der Waals surface area contributed by atoms with Crippen molar-refractivity contribution in [2.75, 3.05) is 6.61 Å². The number of nitrogens with two attached hydrogens (primary N) is 1. The number of carbonyl (C=O) groups excluding carboxylic acids is 2. The Morgan fingerprint density at radius 2 is 1.96 bits per heavy atom. The molecule has 6 nitrogen and oxygen atoms in total. The predicted molar refractivity (Wildman–Crippen MR) is 98.0 cm³/mol. The minimum Gasteiger partial charge on any atom is -0.483 e. The molecule has 26 heavy (non-hydrogen) atoms. The molecule has 2 aromatic rings. The first-order valence-corrected chi connectivity index (χ1v) is 8.02. The average Bonchev–Trinajstić information content (AvgIpc) is 2.64. The SMILES string of the molecule is N#C/C(=C\c1cc(Cl)ccc1OCC(N)=O)C(=O)NCc1ccccc1. The number of benzene rings is 2. The van der Waals surface area contributed by atoms with E-state index in [1.54, 1.807) is 6.07 Å². The molecule has 0 unspecified atom stereocenters. The number of primary amides is 1. The minimum atomic E-state index is -0.643. The van der Waals surface area contributed by atoms with Crippen molar-refractivity contribution in [1.29, 1.82) is 5.26 Å². The van der Waals surface area contributed by atoms with E-state index in [2.05, 4.69) is 5.32 Å². The summed E-state index contributed by atoms with van der Waals surface area (Å²) in [6, 6.07) is 15.8. The largest absolute Gasteiger partial charge is 0.483 e. The molecule has 3 N–H and O–H groups in total. The van der Waals surface area contributed by atoms with Crippen molar-refractivity contribution in [3.05, 3.63) is 70.3 Å². The Hall–Kier alpha value is -3.30. The van der Waals surface area contributed by atoms with Gasteiger partial charge in [-0.05, 0) is 29.8 Å². The maximum Gasteiger partial charge on any atom is 0.262 e. The Bertz CT molecular complexity index is 873. The van der Waals surface area contributed by atoms with Crippen molar-refractivity contribution in [2.45, 2.75) is 6.54 Å². The Kier molecular flexibility index (Phi) is 6.77. The van der Waals surface area contributed by atoms with Gasteiger partial charge in [-0.1, -0.05) is 41.9 Å². The first-order chi connectivity index (χ1) is 12.5. The lowest BCUT2D eigenvalue weighted by molar-refractivity contribution is -0.120. The fourth-order valence-electron chi connectivity index (χ4n) is 2.09. The van der Waals surface area contributed by atoms with Crippen LogP contribution in [0.1, 0.15) is 11.1 Å². The highest BCUT2D eigenvalue weighted by atomic mass is 35.5. The van der Waals surface area contributed by atoms with Gasteiger partial charge in [0.2, 0.25) is 0 Å². The van der Waals surface area contributed by atoms with Crippen LogP contribution < -0.4 is 15.8 Å². The second kappa shape index (κ2) is 9.25. The van der Waals surface area contributed by atoms with Gasteiger partial charge in [0.15, 0.2) is 6.61 Å². The van der Waals surface area contributed by atoms with Crippen LogP contribution in [0.2, 0.25) is 5.02 Å². The Morgan fingerprint density at radius 1 is 1.23 bits per heavy atom. The van der Waals surface area contributed by atoms with Gasteiger partial charge in [0.05, 0.1) is 0 Å². The van der Waals surface area contributed by atoms with E-state index in [-0.39, 0.29) is 17.9 Å². The van der Waals surface area contributed by atoms with Crippen molar-refractivity contribution < 1.29 is 14.3 Å². The highest BCUT2D eigenvalue weighted by Gasteiger charge is 2.12. The molecule has 0 radical (unpaired) electrons. The summed E-state index contributed by atoms with van der Waals surface area (Å²) in [6.07, 6.45) is 1.35. The summed E-state index contributed by atoms with van der Waals surface area (Å²) in [4.78, 5) is 23.2. The van der Waals surface area contributed by atoms with Crippen LogP contribution in [0.15, 0.2) is 54.1 Å². The Morgan fingerprint density at radius 3 is 2.62 bits per heavy atom. The van der Waals surface area contributed by atoms with Gasteiger partial charge in [0, 0.05) is 17.1 Å². The number of amides is 2. The van der Waals surface area contributed by atoms with Crippen LogP contribution >= 0.6 is 11.6 Å². The molecule has 2 aromatic carbocycles. The van der Waals surface area contributed by atoms with Crippen molar-refractivity contribution in [3.63, 3.8) is 0 Å². The number of nitrogens with one attached hydrogen (secondary N) is 1. The fraction of sp³-hybridized carbons (Fsp3) is 0.105. The van der Waals surface area contributed by atoms with E-state index in [9.17, 15) is 14.9 Å². The summed E-state index contributed by atoms with van der Waals surface area (Å²) < 4.78 is 5.29. The smallest absolute Gasteiger partial charge is 0.262 e. The minimum absolute atomic E-state index is 0.118. The van der Waals surface area contributed by atoms with Crippen LogP contribution in [-0.2, 0) is 16.1 Å². The monoisotopic (exact) mass is 369 g/mol. The summed E-state index contributed by atoms with van der Waals surface area (Å²) in [7, 11) is 0. The molecule has 0 saturated carbocycles. The zero-order valence-corrected chi connectivity index (χ0v) is 14.5. The van der Waals surface area contributed by atoms with E-state index < -0.39 is 11.8 Å². The van der Waals surface area contributed by atoms with Crippen LogP contribution in [0.3, 0.4) is 0 Å². The third-order valence-corrected chi connectivity index (χ3v) is 3.54. The highest BCUT2D eigenvalue weighted by Crippen LogP contribution is 2.25. The number of hydrogen-bond acceptors (Lipinski definition) is 4. The third kappa shape index (κ3) is 5.65. The summed E-state index contributed by atoms with van der Waals surface area (Å²) in [5.41, 5.74) is 6.25. The predicted octanol–water partition coefficient (Wildman–Crippen LogP) is 2.43. The van der Waals surface area contributed by atoms with Crippen molar-refractivity contribution >= 4 is 29.5 Å². The molecule has 7 heteroatoms. The summed E-state index contributed by atoms with van der Waals surface area (Å²) >= 11 is 5.97. The Labute approximate surface area is 155 Å². The average molecular weight is 370 g/mol. The number of rotatable bonds is 7. The number of carbonyl (C=O) groups is 2. The number of hydrogen-bond donors (Lipinski definition) is 2. The van der Waals surface area contributed by atoms with Crippen LogP contribution in [0, 0.1) is 11.3 Å². The van der Waals surface area contributed by atoms with E-state index in [1.165, 1.54) is 18.2 Å². The molecule has 0 atom stereocenters. The van der Waals surface area contributed by atoms with Crippen molar-refractivity contribution in [3.8, 4) is 11.8 Å². The number of halogens is 1. The van der Waals surface area contributed by atoms with E-state index in [4.69, 9.17) is 22.1 Å². The fourth-order valence-corrected chi connectivity index (χ4v) is 2.27. The number of nitrogens with zero attached hydrogens (tertiary/aromatic N) is 1. The lowest BCUT2D eigenvalue weighted by atomic mass is 10.1. The molecule has 132 valence electrons. The lowest BCUT2D eigenvalue weighted by Crippen LogP contribution is -2.24. The normalized spacial score (nSPS) is 10.7. The molecule has 0 saturated heterocycles. The molecule has 0 aromatic heterocycles. The Balaban J connectivity index is 2.19. The highest BCUT2D eigenvalue weighted by molar-refractivity contribution is 6.30. The van der Waals surface area contributed by atoms with Crippen LogP contribution in [-0.4, -0.2) is 18.4 Å². The molecule has 0 fully saturated rings. The maximum absolute atomic E-state index is 12.3. The van der Waals surface area contributed by atoms with E-state index in [1.807, 2.05) is 36.4 Å². The zero-order chi connectivity index (χ0) is 18.9. The molecule has 0 aliphatic rings. The number of nitriles is 1. The van der Waals surface area contributed by atoms with Gasteiger partial charge < -0.3 is 15.8 Å². The first-order valence-electron chi connectivity index (χ1n) is 7.64. The molecule has 2 rings (SSSR count). The number of ether oxygens (including phenoxy) is 1. The molecule has 0 aliphatic carbocycles. The molecular formula is C19H16ClN3O3. The second-order valence-corrected chi connectivity index (χ2v) is 5.71. The molecular weight excluding hydrogens is 354 g/mol. The van der Waals surface area contributed by atoms with Gasteiger partial charge in [-0.3, -0.25) is 9.59 Å². The van der Waals surface area contributed by atoms with Gasteiger partial charge in [-0.25, -0.2) is 0 Å². The molecule has 0 heterocycles. The third-order valence-electron chi connectivity index (χ3n) is 3.30. The lowest BCUT2D eigenvalue weighted by Gasteiger charge is -2.09. The van der Waals surface area contributed by atoms with E-state index in [0.717, 1.165) is 5.56 Å². The standard InChI is InChI=1S/C19H16ClN3O3/c20-16-6-7-17(26-12-18(22)24)14(9-16)8-15(10-21)19(25)23-11-13-4-2-1-3-5-13/h1-9H,11-12H2,(H2,22,24)(H,23,25)/b15-8+. The zero-order valence-electron chi connectivity index (χ0n) is 13.7. The van der Waals surface area contributed by atoms with Gasteiger partial charge in [0.1, 0.15) is 17.4 Å². The summed E-state index contributed by atoms with van der Waals surface area (Å²) in [5.74, 6) is -0.884. The van der Waals surface area contributed by atoms with Crippen molar-refractivity contribution in [1.82, 2.24) is 5.32 Å². The van der Waals surface area contributed by atoms with Gasteiger partial charge in [-0.2, -0.15) is 5.26 Å². The summed E-state index contributed by atoms with van der Waals surface area (Å²) in [6.45, 7) is -0.0379. The van der Waals surface area contributed by atoms with Crippen LogP contribution in [0.5, 0.6) is 5.75 Å². The summed E-state index contributed by atoms with van der Waals surface area (Å²) in [5, 5.41) is 12.4. The molecule has 2 amide bonds. The van der Waals surface area contributed by atoms with Gasteiger partial charge in [-0.15, -0.1) is 0 Å². The van der Waals surface area contributed by atoms with Gasteiger partial charge in [0.25, 0.3) is 11.8 Å². The topological polar surface area (TPSA) is 105 Å². The second-order valence-electron chi connectivity index (χ2n) is 5.28. The van der Waals surface area contributed by atoms with Crippen LogP contribution in [0.4, 0.5) is 0 Å². The van der Waals surface area contributed by atoms with Gasteiger partial charge >= 0.3 is 0 Å². The molecule has 0 bridgehead atoms.